The number of hydrogen-bond donors (Lipinski definition) is 0. The van der Waals surface area contributed by atoms with E-state index in [-0.39, 0.29) is 5.92 Å². The highest BCUT2D eigenvalue weighted by Crippen LogP contribution is 2.46. The van der Waals surface area contributed by atoms with Gasteiger partial charge in [-0.05, 0) is 50.5 Å². The first-order valence-electron chi connectivity index (χ1n) is 14.8. The van der Waals surface area contributed by atoms with E-state index in [2.05, 4.69) is 78.9 Å². The van der Waals surface area contributed by atoms with Crippen molar-refractivity contribution in [2.24, 2.45) is 0 Å². The molecule has 0 saturated carbocycles. The van der Waals surface area contributed by atoms with E-state index in [1.807, 2.05) is 66.7 Å². The Kier molecular flexibility index (Phi) is 5.53. The Morgan fingerprint density at radius 1 is 0.409 bits per heavy atom. The van der Waals surface area contributed by atoms with Crippen LogP contribution in [0.5, 0.6) is 11.5 Å². The summed E-state index contributed by atoms with van der Waals surface area (Å²) in [4.78, 5) is 15.4. The predicted molar refractivity (Wildman–Crippen MR) is 177 cm³/mol. The van der Waals surface area contributed by atoms with Crippen molar-refractivity contribution in [3.05, 3.63) is 163 Å². The lowest BCUT2D eigenvalue weighted by Crippen LogP contribution is -2.15. The highest BCUT2D eigenvalue weighted by Gasteiger charge is 2.31. The quantitative estimate of drug-likeness (QED) is 0.201. The van der Waals surface area contributed by atoms with E-state index in [0.717, 1.165) is 33.8 Å². The van der Waals surface area contributed by atoms with Crippen molar-refractivity contribution >= 4 is 32.3 Å². The van der Waals surface area contributed by atoms with Crippen molar-refractivity contribution in [3.8, 4) is 34.3 Å². The summed E-state index contributed by atoms with van der Waals surface area (Å²) < 4.78 is 6.31. The maximum absolute atomic E-state index is 6.31. The average molecular weight is 564 g/mol. The molecule has 1 aromatic heterocycles. The molecule has 0 radical (unpaired) electrons. The third-order valence-corrected chi connectivity index (χ3v) is 8.62. The maximum atomic E-state index is 6.31. The summed E-state index contributed by atoms with van der Waals surface area (Å²) >= 11 is 0. The number of rotatable bonds is 3. The molecule has 0 fully saturated rings. The van der Waals surface area contributed by atoms with Gasteiger partial charge in [0, 0.05) is 22.3 Å². The Hall–Kier alpha value is -5.87. The van der Waals surface area contributed by atoms with Gasteiger partial charge in [0.05, 0.1) is 5.92 Å². The van der Waals surface area contributed by atoms with E-state index in [1.54, 1.807) is 0 Å². The number of hydrogen-bond acceptors (Lipinski definition) is 4. The van der Waals surface area contributed by atoms with Gasteiger partial charge >= 0.3 is 0 Å². The number of benzene rings is 7. The summed E-state index contributed by atoms with van der Waals surface area (Å²) in [7, 11) is 0. The van der Waals surface area contributed by atoms with Crippen LogP contribution in [0.4, 0.5) is 0 Å². The summed E-state index contributed by atoms with van der Waals surface area (Å²) in [6, 6.07) is 50.4. The van der Waals surface area contributed by atoms with Gasteiger partial charge in [-0.1, -0.05) is 127 Å². The first-order valence-corrected chi connectivity index (χ1v) is 14.8. The molecule has 1 aliphatic heterocycles. The molecule has 0 unspecified atom stereocenters. The summed E-state index contributed by atoms with van der Waals surface area (Å²) in [6.45, 7) is 0. The fourth-order valence-corrected chi connectivity index (χ4v) is 6.51. The molecular formula is C40H25N3O. The standard InChI is InChI=1S/C40H25N3O/c1-2-11-27(12-3-1)38-41-39(43-40(42-38)37-32-14-6-8-16-35(32)44-36-17-9-7-15-33(36)37)28-19-18-26-21-22-30-29-13-5-4-10-25(29)20-23-31(30)34(26)24-28/h1-24,37H. The van der Waals surface area contributed by atoms with Crippen molar-refractivity contribution in [3.63, 3.8) is 0 Å². The van der Waals surface area contributed by atoms with Crippen LogP contribution in [-0.4, -0.2) is 15.0 Å². The molecule has 0 amide bonds. The van der Waals surface area contributed by atoms with Gasteiger partial charge in [0.25, 0.3) is 0 Å². The second-order valence-electron chi connectivity index (χ2n) is 11.2. The number of para-hydroxylation sites is 2. The first kappa shape index (κ1) is 24.7. The van der Waals surface area contributed by atoms with Crippen molar-refractivity contribution in [1.82, 2.24) is 15.0 Å². The molecule has 0 spiro atoms. The molecule has 4 nitrogen and oxygen atoms in total. The fourth-order valence-electron chi connectivity index (χ4n) is 6.51. The van der Waals surface area contributed by atoms with Crippen LogP contribution in [0.25, 0.3) is 55.1 Å². The van der Waals surface area contributed by atoms with Gasteiger partial charge < -0.3 is 4.74 Å². The van der Waals surface area contributed by atoms with Crippen LogP contribution in [0.3, 0.4) is 0 Å². The van der Waals surface area contributed by atoms with E-state index in [9.17, 15) is 0 Å². The zero-order valence-electron chi connectivity index (χ0n) is 23.7. The Bertz CT molecular complexity index is 2340. The number of ether oxygens (including phenoxy) is 1. The zero-order valence-corrected chi connectivity index (χ0v) is 23.7. The fraction of sp³-hybridized carbons (Fsp3) is 0.0250. The van der Waals surface area contributed by atoms with E-state index in [0.29, 0.717) is 17.5 Å². The lowest BCUT2D eigenvalue weighted by Gasteiger charge is -2.27. The second kappa shape index (κ2) is 9.85. The molecule has 8 aromatic rings. The number of fused-ring (bicyclic) bond motifs is 7. The molecule has 0 saturated heterocycles. The molecular weight excluding hydrogens is 538 g/mol. The molecule has 2 heterocycles. The third kappa shape index (κ3) is 3.96. The van der Waals surface area contributed by atoms with Gasteiger partial charge in [-0.3, -0.25) is 0 Å². The van der Waals surface area contributed by atoms with Crippen molar-refractivity contribution in [2.45, 2.75) is 5.92 Å². The monoisotopic (exact) mass is 563 g/mol. The molecule has 9 rings (SSSR count). The molecule has 0 atom stereocenters. The minimum atomic E-state index is -0.201. The summed E-state index contributed by atoms with van der Waals surface area (Å²) in [5, 5.41) is 7.31. The summed E-state index contributed by atoms with van der Waals surface area (Å²) in [5.41, 5.74) is 3.98. The molecule has 0 bridgehead atoms. The Balaban J connectivity index is 1.29. The van der Waals surface area contributed by atoms with Gasteiger partial charge in [0.1, 0.15) is 17.3 Å². The zero-order chi connectivity index (χ0) is 29.0. The largest absolute Gasteiger partial charge is 0.457 e. The average Bonchev–Trinajstić information content (AvgIpc) is 3.10. The summed E-state index contributed by atoms with van der Waals surface area (Å²) in [6.07, 6.45) is 0. The number of aromatic nitrogens is 3. The van der Waals surface area contributed by atoms with E-state index in [4.69, 9.17) is 19.7 Å². The van der Waals surface area contributed by atoms with Gasteiger partial charge in [-0.25, -0.2) is 15.0 Å². The van der Waals surface area contributed by atoms with Gasteiger partial charge in [0.15, 0.2) is 11.6 Å². The minimum absolute atomic E-state index is 0.201. The van der Waals surface area contributed by atoms with Crippen molar-refractivity contribution in [2.75, 3.05) is 0 Å². The second-order valence-corrected chi connectivity index (χ2v) is 11.2. The maximum Gasteiger partial charge on any atom is 0.163 e. The molecule has 0 N–H and O–H groups in total. The van der Waals surface area contributed by atoms with Gasteiger partial charge in [-0.15, -0.1) is 0 Å². The molecule has 0 aliphatic carbocycles. The minimum Gasteiger partial charge on any atom is -0.457 e. The molecule has 1 aliphatic rings. The SMILES string of the molecule is c1ccc(-c2nc(-c3ccc4ccc5c6ccccc6ccc5c4c3)nc(C3c4ccccc4Oc4ccccc43)n2)cc1. The van der Waals surface area contributed by atoms with Crippen LogP contribution in [0.2, 0.25) is 0 Å². The van der Waals surface area contributed by atoms with E-state index in [1.165, 1.54) is 32.3 Å². The Labute approximate surface area is 254 Å². The predicted octanol–water partition coefficient (Wildman–Crippen LogP) is 9.95. The molecule has 44 heavy (non-hydrogen) atoms. The van der Waals surface area contributed by atoms with Crippen LogP contribution < -0.4 is 4.74 Å². The smallest absolute Gasteiger partial charge is 0.163 e. The van der Waals surface area contributed by atoms with Crippen LogP contribution >= 0.6 is 0 Å². The van der Waals surface area contributed by atoms with Gasteiger partial charge in [-0.2, -0.15) is 0 Å². The van der Waals surface area contributed by atoms with Gasteiger partial charge in [0.2, 0.25) is 0 Å². The lowest BCUT2D eigenvalue weighted by molar-refractivity contribution is 0.450. The summed E-state index contributed by atoms with van der Waals surface area (Å²) in [5.74, 6) is 3.44. The number of nitrogens with zero attached hydrogens (tertiary/aromatic N) is 3. The first-order chi connectivity index (χ1) is 21.8. The highest BCUT2D eigenvalue weighted by molar-refractivity contribution is 6.17. The van der Waals surface area contributed by atoms with E-state index >= 15 is 0 Å². The van der Waals surface area contributed by atoms with Crippen molar-refractivity contribution in [1.29, 1.82) is 0 Å². The third-order valence-electron chi connectivity index (χ3n) is 8.62. The van der Waals surface area contributed by atoms with Crippen molar-refractivity contribution < 1.29 is 4.74 Å². The highest BCUT2D eigenvalue weighted by atomic mass is 16.5. The lowest BCUT2D eigenvalue weighted by atomic mass is 9.87. The van der Waals surface area contributed by atoms with Crippen LogP contribution in [0, 0.1) is 0 Å². The van der Waals surface area contributed by atoms with Crippen LogP contribution in [-0.2, 0) is 0 Å². The Morgan fingerprint density at radius 2 is 0.977 bits per heavy atom. The normalized spacial score (nSPS) is 12.6. The molecule has 206 valence electrons. The topological polar surface area (TPSA) is 47.9 Å². The van der Waals surface area contributed by atoms with Crippen LogP contribution in [0.15, 0.2) is 146 Å². The molecule has 7 aromatic carbocycles. The van der Waals surface area contributed by atoms with E-state index < -0.39 is 0 Å². The van der Waals surface area contributed by atoms with Crippen LogP contribution in [0.1, 0.15) is 22.9 Å². The Morgan fingerprint density at radius 3 is 1.73 bits per heavy atom. The molecule has 4 heteroatoms.